The maximum Gasteiger partial charge on any atom is 0.188 e. The van der Waals surface area contributed by atoms with Gasteiger partial charge in [0.25, 0.3) is 0 Å². The second-order valence-corrected chi connectivity index (χ2v) is 4.07. The van der Waals surface area contributed by atoms with E-state index >= 15 is 0 Å². The highest BCUT2D eigenvalue weighted by Gasteiger charge is 2.07. The number of aromatic nitrogens is 4. The summed E-state index contributed by atoms with van der Waals surface area (Å²) in [5, 5.41) is 11.9. The molecule has 0 atom stereocenters. The average Bonchev–Trinajstić information content (AvgIpc) is 2.67. The summed E-state index contributed by atoms with van der Waals surface area (Å²) >= 11 is 0. The summed E-state index contributed by atoms with van der Waals surface area (Å²) in [7, 11) is 3.76. The van der Waals surface area contributed by atoms with Gasteiger partial charge in [0, 0.05) is 12.2 Å². The van der Waals surface area contributed by atoms with Crippen molar-refractivity contribution in [2.45, 2.75) is 13.1 Å². The van der Waals surface area contributed by atoms with E-state index in [0.29, 0.717) is 12.4 Å². The molecule has 0 bridgehead atoms. The van der Waals surface area contributed by atoms with Crippen LogP contribution in [0.25, 0.3) is 0 Å². The normalized spacial score (nSPS) is 11.0. The zero-order valence-corrected chi connectivity index (χ0v) is 10.0. The molecule has 0 unspecified atom stereocenters. The van der Waals surface area contributed by atoms with Crippen molar-refractivity contribution in [3.63, 3.8) is 0 Å². The van der Waals surface area contributed by atoms with E-state index in [1.807, 2.05) is 31.3 Å². The number of anilines is 1. The fourth-order valence-corrected chi connectivity index (χ4v) is 1.65. The Hall–Kier alpha value is -1.95. The molecule has 1 aromatic heterocycles. The lowest BCUT2D eigenvalue weighted by Crippen LogP contribution is -2.19. The minimum atomic E-state index is 0.655. The molecule has 0 aliphatic carbocycles. The number of aryl methyl sites for hydroxylation is 1. The molecule has 6 nitrogen and oxygen atoms in total. The molecule has 0 radical (unpaired) electrons. The molecular formula is C11H16N6. The van der Waals surface area contributed by atoms with Crippen LogP contribution in [0.15, 0.2) is 24.3 Å². The lowest BCUT2D eigenvalue weighted by atomic mass is 10.2. The Morgan fingerprint density at radius 2 is 2.06 bits per heavy atom. The number of hydrogen-bond acceptors (Lipinski definition) is 5. The van der Waals surface area contributed by atoms with Gasteiger partial charge in [-0.15, -0.1) is 10.2 Å². The molecule has 1 heterocycles. The molecule has 0 spiro atoms. The molecule has 1 aromatic carbocycles. The molecule has 0 saturated carbocycles. The zero-order chi connectivity index (χ0) is 12.3. The number of para-hydroxylation sites is 1. The van der Waals surface area contributed by atoms with Gasteiger partial charge in [0.1, 0.15) is 0 Å². The molecule has 6 heteroatoms. The van der Waals surface area contributed by atoms with Gasteiger partial charge in [-0.05, 0) is 23.9 Å². The topological polar surface area (TPSA) is 72.9 Å². The summed E-state index contributed by atoms with van der Waals surface area (Å²) in [4.78, 5) is 3.56. The van der Waals surface area contributed by atoms with Gasteiger partial charge in [-0.25, -0.2) is 0 Å². The Morgan fingerprint density at radius 1 is 1.29 bits per heavy atom. The SMILES string of the molecule is CN(Cc1nnn(C)n1)Cc1ccccc1N. The van der Waals surface area contributed by atoms with E-state index in [9.17, 15) is 0 Å². The molecule has 0 fully saturated rings. The van der Waals surface area contributed by atoms with Crippen LogP contribution >= 0.6 is 0 Å². The first-order chi connectivity index (χ1) is 8.15. The molecule has 17 heavy (non-hydrogen) atoms. The van der Waals surface area contributed by atoms with Crippen LogP contribution in [0.1, 0.15) is 11.4 Å². The third-order valence-corrected chi connectivity index (χ3v) is 2.46. The number of benzene rings is 1. The Labute approximate surface area is 100 Å². The maximum atomic E-state index is 5.89. The standard InChI is InChI=1S/C11H16N6/c1-16(8-11-13-15-17(2)14-11)7-9-5-3-4-6-10(9)12/h3-6H,7-8,12H2,1-2H3. The second-order valence-electron chi connectivity index (χ2n) is 4.07. The third-order valence-electron chi connectivity index (χ3n) is 2.46. The number of rotatable bonds is 4. The molecule has 0 saturated heterocycles. The van der Waals surface area contributed by atoms with Crippen molar-refractivity contribution >= 4 is 5.69 Å². The Bertz CT molecular complexity index is 492. The van der Waals surface area contributed by atoms with Gasteiger partial charge in [-0.1, -0.05) is 18.2 Å². The van der Waals surface area contributed by atoms with Gasteiger partial charge in [0.2, 0.25) is 0 Å². The number of nitrogen functional groups attached to an aromatic ring is 1. The molecule has 0 aliphatic heterocycles. The summed E-state index contributed by atoms with van der Waals surface area (Å²) < 4.78 is 0. The van der Waals surface area contributed by atoms with Crippen molar-refractivity contribution in [3.05, 3.63) is 35.7 Å². The van der Waals surface area contributed by atoms with E-state index in [2.05, 4.69) is 20.3 Å². The van der Waals surface area contributed by atoms with Crippen LogP contribution in [-0.4, -0.2) is 32.2 Å². The van der Waals surface area contributed by atoms with E-state index in [1.54, 1.807) is 7.05 Å². The minimum Gasteiger partial charge on any atom is -0.398 e. The van der Waals surface area contributed by atoms with Crippen LogP contribution < -0.4 is 5.73 Å². The average molecular weight is 232 g/mol. The van der Waals surface area contributed by atoms with E-state index < -0.39 is 0 Å². The van der Waals surface area contributed by atoms with E-state index in [4.69, 9.17) is 5.73 Å². The monoisotopic (exact) mass is 232 g/mol. The van der Waals surface area contributed by atoms with Crippen LogP contribution in [0, 0.1) is 0 Å². The smallest absolute Gasteiger partial charge is 0.188 e. The quantitative estimate of drug-likeness (QED) is 0.774. The first-order valence-electron chi connectivity index (χ1n) is 5.40. The molecular weight excluding hydrogens is 216 g/mol. The van der Waals surface area contributed by atoms with Crippen molar-refractivity contribution in [1.82, 2.24) is 25.1 Å². The van der Waals surface area contributed by atoms with Crippen molar-refractivity contribution in [1.29, 1.82) is 0 Å². The first kappa shape index (κ1) is 11.5. The molecule has 90 valence electrons. The predicted octanol–water partition coefficient (Wildman–Crippen LogP) is 0.424. The molecule has 2 N–H and O–H groups in total. The minimum absolute atomic E-state index is 0.655. The number of nitrogens with zero attached hydrogens (tertiary/aromatic N) is 5. The molecule has 0 aliphatic rings. The van der Waals surface area contributed by atoms with Crippen LogP contribution in [0.2, 0.25) is 0 Å². The number of hydrogen-bond donors (Lipinski definition) is 1. The number of tetrazole rings is 1. The summed E-state index contributed by atoms with van der Waals surface area (Å²) in [5.74, 6) is 0.713. The summed E-state index contributed by atoms with van der Waals surface area (Å²) in [6.07, 6.45) is 0. The fraction of sp³-hybridized carbons (Fsp3) is 0.364. The van der Waals surface area contributed by atoms with Gasteiger partial charge in [0.15, 0.2) is 5.82 Å². The molecule has 2 rings (SSSR count). The Morgan fingerprint density at radius 3 is 2.71 bits per heavy atom. The van der Waals surface area contributed by atoms with Crippen LogP contribution in [0.5, 0.6) is 0 Å². The summed E-state index contributed by atoms with van der Waals surface area (Å²) in [6.45, 7) is 1.42. The molecule has 2 aromatic rings. The van der Waals surface area contributed by atoms with Crippen LogP contribution in [-0.2, 0) is 20.1 Å². The highest BCUT2D eigenvalue weighted by Crippen LogP contribution is 2.13. The Balaban J connectivity index is 1.98. The van der Waals surface area contributed by atoms with Crippen molar-refractivity contribution in [2.75, 3.05) is 12.8 Å². The van der Waals surface area contributed by atoms with Gasteiger partial charge < -0.3 is 5.73 Å². The highest BCUT2D eigenvalue weighted by molar-refractivity contribution is 5.46. The maximum absolute atomic E-state index is 5.89. The van der Waals surface area contributed by atoms with Crippen LogP contribution in [0.4, 0.5) is 5.69 Å². The zero-order valence-electron chi connectivity index (χ0n) is 10.0. The first-order valence-corrected chi connectivity index (χ1v) is 5.40. The summed E-state index contributed by atoms with van der Waals surface area (Å²) in [6, 6.07) is 7.85. The largest absolute Gasteiger partial charge is 0.398 e. The van der Waals surface area contributed by atoms with E-state index in [1.165, 1.54) is 4.80 Å². The van der Waals surface area contributed by atoms with Gasteiger partial charge >= 0.3 is 0 Å². The Kier molecular flexibility index (Phi) is 3.34. The van der Waals surface area contributed by atoms with E-state index in [0.717, 1.165) is 17.8 Å². The fourth-order valence-electron chi connectivity index (χ4n) is 1.65. The van der Waals surface area contributed by atoms with Crippen molar-refractivity contribution in [3.8, 4) is 0 Å². The van der Waals surface area contributed by atoms with Gasteiger partial charge in [-0.2, -0.15) is 4.80 Å². The van der Waals surface area contributed by atoms with Gasteiger partial charge in [-0.3, -0.25) is 4.90 Å². The van der Waals surface area contributed by atoms with Crippen molar-refractivity contribution in [2.24, 2.45) is 7.05 Å². The highest BCUT2D eigenvalue weighted by atomic mass is 15.6. The lowest BCUT2D eigenvalue weighted by Gasteiger charge is -2.15. The lowest BCUT2D eigenvalue weighted by molar-refractivity contribution is 0.310. The third kappa shape index (κ3) is 3.01. The van der Waals surface area contributed by atoms with Crippen molar-refractivity contribution < 1.29 is 0 Å². The van der Waals surface area contributed by atoms with E-state index in [-0.39, 0.29) is 0 Å². The summed E-state index contributed by atoms with van der Waals surface area (Å²) in [5.41, 5.74) is 7.81. The van der Waals surface area contributed by atoms with Gasteiger partial charge in [0.05, 0.1) is 13.6 Å². The second kappa shape index (κ2) is 4.92. The van der Waals surface area contributed by atoms with Crippen LogP contribution in [0.3, 0.4) is 0 Å². The number of nitrogens with two attached hydrogens (primary N) is 1. The molecule has 0 amide bonds. The predicted molar refractivity (Wildman–Crippen MR) is 64.8 cm³/mol.